The highest BCUT2D eigenvalue weighted by Crippen LogP contribution is 2.16. The van der Waals surface area contributed by atoms with Gasteiger partial charge < -0.3 is 9.47 Å². The standard InChI is InChI=1S/C17H32O4/c1-4-5-6-7-8-9-12-16(21-15(2)18)13-10-11-14-17(19)20-3/h16H,4-14H2,1-3H3. The molecule has 124 valence electrons. The van der Waals surface area contributed by atoms with Crippen molar-refractivity contribution < 1.29 is 19.1 Å². The molecule has 0 spiro atoms. The molecule has 1 atom stereocenters. The van der Waals surface area contributed by atoms with Crippen molar-refractivity contribution in [3.63, 3.8) is 0 Å². The average Bonchev–Trinajstić information content (AvgIpc) is 2.45. The molecule has 0 aromatic heterocycles. The highest BCUT2D eigenvalue weighted by molar-refractivity contribution is 5.69. The lowest BCUT2D eigenvalue weighted by atomic mass is 10.0. The first kappa shape index (κ1) is 19.9. The molecule has 21 heavy (non-hydrogen) atoms. The molecule has 0 aliphatic carbocycles. The van der Waals surface area contributed by atoms with E-state index in [0.717, 1.165) is 32.1 Å². The van der Waals surface area contributed by atoms with Crippen LogP contribution in [0.1, 0.15) is 84.5 Å². The summed E-state index contributed by atoms with van der Waals surface area (Å²) in [5.41, 5.74) is 0. The van der Waals surface area contributed by atoms with Gasteiger partial charge >= 0.3 is 11.9 Å². The number of carbonyl (C=O) groups is 2. The van der Waals surface area contributed by atoms with Gasteiger partial charge in [0.25, 0.3) is 0 Å². The van der Waals surface area contributed by atoms with Gasteiger partial charge in [0.1, 0.15) is 6.10 Å². The molecule has 4 heteroatoms. The summed E-state index contributed by atoms with van der Waals surface area (Å²) >= 11 is 0. The van der Waals surface area contributed by atoms with Gasteiger partial charge in [-0.25, -0.2) is 0 Å². The summed E-state index contributed by atoms with van der Waals surface area (Å²) in [5, 5.41) is 0. The van der Waals surface area contributed by atoms with Crippen LogP contribution in [0, 0.1) is 0 Å². The lowest BCUT2D eigenvalue weighted by Crippen LogP contribution is -2.16. The van der Waals surface area contributed by atoms with Crippen LogP contribution in [0.5, 0.6) is 0 Å². The fourth-order valence-corrected chi connectivity index (χ4v) is 2.39. The van der Waals surface area contributed by atoms with Crippen molar-refractivity contribution in [1.29, 1.82) is 0 Å². The van der Waals surface area contributed by atoms with Gasteiger partial charge in [-0.1, -0.05) is 39.0 Å². The number of hydrogen-bond donors (Lipinski definition) is 0. The molecule has 4 nitrogen and oxygen atoms in total. The van der Waals surface area contributed by atoms with E-state index in [1.54, 1.807) is 0 Å². The number of carbonyl (C=O) groups excluding carboxylic acids is 2. The minimum atomic E-state index is -0.209. The number of rotatable bonds is 13. The Labute approximate surface area is 129 Å². The van der Waals surface area contributed by atoms with Crippen molar-refractivity contribution >= 4 is 11.9 Å². The number of methoxy groups -OCH3 is 1. The third-order valence-corrected chi connectivity index (χ3v) is 3.60. The van der Waals surface area contributed by atoms with Gasteiger partial charge in [0.15, 0.2) is 0 Å². The first-order valence-electron chi connectivity index (χ1n) is 8.34. The highest BCUT2D eigenvalue weighted by atomic mass is 16.5. The van der Waals surface area contributed by atoms with Crippen LogP contribution in [-0.4, -0.2) is 25.2 Å². The molecule has 0 N–H and O–H groups in total. The van der Waals surface area contributed by atoms with Crippen LogP contribution in [-0.2, 0) is 19.1 Å². The zero-order valence-corrected chi connectivity index (χ0v) is 14.0. The van der Waals surface area contributed by atoms with E-state index in [9.17, 15) is 9.59 Å². The molecular formula is C17H32O4. The number of esters is 2. The second-order valence-electron chi connectivity index (χ2n) is 5.61. The maximum atomic E-state index is 11.1. The first-order valence-corrected chi connectivity index (χ1v) is 8.34. The molecule has 0 aliphatic heterocycles. The Hall–Kier alpha value is -1.06. The molecule has 0 aliphatic rings. The molecule has 0 saturated carbocycles. The number of ether oxygens (including phenoxy) is 2. The Morgan fingerprint density at radius 1 is 0.905 bits per heavy atom. The Kier molecular flexibility index (Phi) is 13.2. The van der Waals surface area contributed by atoms with Gasteiger partial charge in [0, 0.05) is 13.3 Å². The fraction of sp³-hybridized carbons (Fsp3) is 0.882. The summed E-state index contributed by atoms with van der Waals surface area (Å²) in [4.78, 5) is 22.1. The summed E-state index contributed by atoms with van der Waals surface area (Å²) < 4.78 is 9.97. The van der Waals surface area contributed by atoms with Gasteiger partial charge in [0.05, 0.1) is 7.11 Å². The fourth-order valence-electron chi connectivity index (χ4n) is 2.39. The third-order valence-electron chi connectivity index (χ3n) is 3.60. The largest absolute Gasteiger partial charge is 0.469 e. The van der Waals surface area contributed by atoms with Crippen LogP contribution < -0.4 is 0 Å². The van der Waals surface area contributed by atoms with Crippen LogP contribution >= 0.6 is 0 Å². The Morgan fingerprint density at radius 2 is 1.48 bits per heavy atom. The van der Waals surface area contributed by atoms with Gasteiger partial charge in [-0.2, -0.15) is 0 Å². The predicted molar refractivity (Wildman–Crippen MR) is 84.0 cm³/mol. The van der Waals surface area contributed by atoms with Crippen molar-refractivity contribution in [1.82, 2.24) is 0 Å². The zero-order valence-electron chi connectivity index (χ0n) is 14.0. The van der Waals surface area contributed by atoms with Crippen molar-refractivity contribution in [2.45, 2.75) is 90.6 Å². The average molecular weight is 300 g/mol. The monoisotopic (exact) mass is 300 g/mol. The Morgan fingerprint density at radius 3 is 2.05 bits per heavy atom. The van der Waals surface area contributed by atoms with Crippen LogP contribution in [0.3, 0.4) is 0 Å². The van der Waals surface area contributed by atoms with Gasteiger partial charge in [-0.15, -0.1) is 0 Å². The minimum absolute atomic E-state index is 0.00585. The number of hydrogen-bond acceptors (Lipinski definition) is 4. The summed E-state index contributed by atoms with van der Waals surface area (Å²) in [6.07, 6.45) is 11.4. The van der Waals surface area contributed by atoms with E-state index in [2.05, 4.69) is 11.7 Å². The Bertz CT molecular complexity index is 276. The molecule has 0 amide bonds. The summed E-state index contributed by atoms with van der Waals surface area (Å²) in [5.74, 6) is -0.381. The van der Waals surface area contributed by atoms with E-state index in [4.69, 9.17) is 4.74 Å². The van der Waals surface area contributed by atoms with E-state index < -0.39 is 0 Å². The molecule has 0 heterocycles. The number of unbranched alkanes of at least 4 members (excludes halogenated alkanes) is 6. The van der Waals surface area contributed by atoms with Gasteiger partial charge in [-0.05, 0) is 32.1 Å². The highest BCUT2D eigenvalue weighted by Gasteiger charge is 2.12. The van der Waals surface area contributed by atoms with Crippen LogP contribution in [0.25, 0.3) is 0 Å². The van der Waals surface area contributed by atoms with Crippen molar-refractivity contribution in [3.05, 3.63) is 0 Å². The molecule has 0 saturated heterocycles. The van der Waals surface area contributed by atoms with Crippen molar-refractivity contribution in [2.75, 3.05) is 7.11 Å². The second-order valence-corrected chi connectivity index (χ2v) is 5.61. The topological polar surface area (TPSA) is 52.6 Å². The SMILES string of the molecule is CCCCCCCCC(CCCCC(=O)OC)OC(C)=O. The molecule has 0 bridgehead atoms. The molecule has 1 unspecified atom stereocenters. The van der Waals surface area contributed by atoms with Crippen molar-refractivity contribution in [2.24, 2.45) is 0 Å². The van der Waals surface area contributed by atoms with Crippen LogP contribution in [0.4, 0.5) is 0 Å². The molecule has 0 fully saturated rings. The molecule has 0 radical (unpaired) electrons. The van der Waals surface area contributed by atoms with Crippen LogP contribution in [0.15, 0.2) is 0 Å². The minimum Gasteiger partial charge on any atom is -0.469 e. The van der Waals surface area contributed by atoms with Gasteiger partial charge in [-0.3, -0.25) is 9.59 Å². The summed E-state index contributed by atoms with van der Waals surface area (Å²) in [6, 6.07) is 0. The molecule has 0 aromatic rings. The van der Waals surface area contributed by atoms with E-state index in [0.29, 0.717) is 6.42 Å². The molecule has 0 rings (SSSR count). The maximum Gasteiger partial charge on any atom is 0.305 e. The molecule has 0 aromatic carbocycles. The lowest BCUT2D eigenvalue weighted by molar-refractivity contribution is -0.147. The van der Waals surface area contributed by atoms with E-state index in [1.165, 1.54) is 46.1 Å². The van der Waals surface area contributed by atoms with E-state index in [1.807, 2.05) is 0 Å². The van der Waals surface area contributed by atoms with Gasteiger partial charge in [0.2, 0.25) is 0 Å². The first-order chi connectivity index (χ1) is 10.1. The summed E-state index contributed by atoms with van der Waals surface area (Å²) in [6.45, 7) is 3.67. The quantitative estimate of drug-likeness (QED) is 0.373. The summed E-state index contributed by atoms with van der Waals surface area (Å²) in [7, 11) is 1.41. The lowest BCUT2D eigenvalue weighted by Gasteiger charge is -2.16. The van der Waals surface area contributed by atoms with E-state index in [-0.39, 0.29) is 18.0 Å². The third kappa shape index (κ3) is 13.7. The smallest absolute Gasteiger partial charge is 0.305 e. The maximum absolute atomic E-state index is 11.1. The molecular weight excluding hydrogens is 268 g/mol. The van der Waals surface area contributed by atoms with Crippen LogP contribution in [0.2, 0.25) is 0 Å². The zero-order chi connectivity index (χ0) is 15.9. The van der Waals surface area contributed by atoms with E-state index >= 15 is 0 Å². The second kappa shape index (κ2) is 13.9. The normalized spacial score (nSPS) is 12.0. The Balaban J connectivity index is 3.76. The van der Waals surface area contributed by atoms with Crippen molar-refractivity contribution in [3.8, 4) is 0 Å². The predicted octanol–water partition coefficient (Wildman–Crippen LogP) is 4.40.